The van der Waals surface area contributed by atoms with Crippen LogP contribution in [-0.4, -0.2) is 44.8 Å². The van der Waals surface area contributed by atoms with Gasteiger partial charge < -0.3 is 14.8 Å². The van der Waals surface area contributed by atoms with Crippen LogP contribution in [0.4, 0.5) is 8.78 Å². The lowest BCUT2D eigenvalue weighted by atomic mass is 9.75. The summed E-state index contributed by atoms with van der Waals surface area (Å²) < 4.78 is 65.8. The van der Waals surface area contributed by atoms with Gasteiger partial charge in [-0.15, -0.1) is 0 Å². The monoisotopic (exact) mass is 648 g/mol. The maximum atomic E-state index is 15.6. The highest BCUT2D eigenvalue weighted by Crippen LogP contribution is 2.41. The van der Waals surface area contributed by atoms with Crippen molar-refractivity contribution in [3.8, 4) is 22.9 Å². The summed E-state index contributed by atoms with van der Waals surface area (Å²) in [5.41, 5.74) is 1.41. The van der Waals surface area contributed by atoms with E-state index in [4.69, 9.17) is 14.8 Å². The van der Waals surface area contributed by atoms with Crippen molar-refractivity contribution in [3.05, 3.63) is 94.9 Å². The normalized spacial score (nSPS) is 20.0. The zero-order valence-electron chi connectivity index (χ0n) is 26.4. The van der Waals surface area contributed by atoms with Crippen molar-refractivity contribution in [2.24, 2.45) is 12.5 Å². The molecule has 4 bridgehead atoms. The molecule has 2 aromatic heterocycles. The lowest BCUT2D eigenvalue weighted by molar-refractivity contribution is 0.281. The molecular weight excluding hydrogens is 610 g/mol. The molecule has 5 aromatic rings. The highest BCUT2D eigenvalue weighted by atomic mass is 32.2. The largest absolute Gasteiger partial charge is 0.454 e. The molecule has 6 rings (SSSR count). The van der Waals surface area contributed by atoms with Crippen LogP contribution in [0.1, 0.15) is 62.5 Å². The number of hydrogen-bond acceptors (Lipinski definition) is 6. The minimum Gasteiger partial charge on any atom is -0.454 e. The predicted molar refractivity (Wildman–Crippen MR) is 174 cm³/mol. The molecule has 0 saturated carbocycles. The first kappa shape index (κ1) is 31.9. The van der Waals surface area contributed by atoms with Gasteiger partial charge in [-0.1, -0.05) is 44.5 Å². The number of nitrogens with one attached hydrogen (secondary N) is 1. The molecule has 242 valence electrons. The molecule has 1 unspecified atom stereocenters. The lowest BCUT2D eigenvalue weighted by Gasteiger charge is -2.30. The zero-order chi connectivity index (χ0) is 32.9. The van der Waals surface area contributed by atoms with Crippen LogP contribution in [0.5, 0.6) is 11.5 Å². The number of aromatic amines is 1. The van der Waals surface area contributed by atoms with Gasteiger partial charge in [0, 0.05) is 35.8 Å². The van der Waals surface area contributed by atoms with Crippen LogP contribution >= 0.6 is 0 Å². The van der Waals surface area contributed by atoms with Gasteiger partial charge in [-0.2, -0.15) is 5.10 Å². The molecule has 0 spiro atoms. The minimum atomic E-state index is -3.56. The van der Waals surface area contributed by atoms with Gasteiger partial charge in [-0.3, -0.25) is 0 Å². The number of aliphatic hydroxyl groups is 1. The number of fused-ring (bicyclic) bond motifs is 8. The number of benzene rings is 3. The summed E-state index contributed by atoms with van der Waals surface area (Å²) in [4.78, 5) is 7.86. The van der Waals surface area contributed by atoms with Crippen molar-refractivity contribution in [1.82, 2.24) is 19.7 Å². The van der Waals surface area contributed by atoms with Gasteiger partial charge in [0.15, 0.2) is 33.1 Å². The van der Waals surface area contributed by atoms with E-state index in [2.05, 4.69) is 4.98 Å². The maximum Gasteiger partial charge on any atom is 0.168 e. The summed E-state index contributed by atoms with van der Waals surface area (Å²) >= 11 is 0. The summed E-state index contributed by atoms with van der Waals surface area (Å²) in [6.45, 7) is 5.77. The standard InChI is InChI=1S/C35H38F2N4O4S/c1-34(2)13-6-14-35(3,23-8-5-7-22(17-23)20-42)33-39-32(41(4)40-33)27-18-24(9-10-28(27)36)45-31-26(12-16-46(43,44)21-34)25-11-15-38-30(25)19-29(31)37/h5,7-11,15,17-19,38,42H,6,12-14,16,20-21H2,1-4H3. The van der Waals surface area contributed by atoms with Gasteiger partial charge in [0.2, 0.25) is 0 Å². The lowest BCUT2D eigenvalue weighted by Crippen LogP contribution is -2.29. The van der Waals surface area contributed by atoms with Crippen LogP contribution in [0, 0.1) is 17.0 Å². The maximum absolute atomic E-state index is 15.6. The Hall–Kier alpha value is -4.09. The first-order valence-electron chi connectivity index (χ1n) is 15.4. The molecule has 2 N–H and O–H groups in total. The number of nitrogens with zero attached hydrogens (tertiary/aromatic N) is 3. The van der Waals surface area contributed by atoms with Crippen molar-refractivity contribution >= 4 is 20.7 Å². The molecule has 11 heteroatoms. The van der Waals surface area contributed by atoms with E-state index in [-0.39, 0.29) is 47.4 Å². The molecule has 0 fully saturated rings. The van der Waals surface area contributed by atoms with Crippen LogP contribution in [-0.2, 0) is 35.3 Å². The molecule has 3 heterocycles. The Bertz CT molecular complexity index is 2040. The second-order valence-corrected chi connectivity index (χ2v) is 15.5. The third-order valence-corrected chi connectivity index (χ3v) is 11.1. The van der Waals surface area contributed by atoms with Crippen molar-refractivity contribution < 1.29 is 27.0 Å². The Morgan fingerprint density at radius 2 is 1.85 bits per heavy atom. The zero-order valence-corrected chi connectivity index (χ0v) is 27.2. The highest BCUT2D eigenvalue weighted by Gasteiger charge is 2.36. The number of hydrogen-bond donors (Lipinski definition) is 2. The van der Waals surface area contributed by atoms with Gasteiger partial charge in [0.25, 0.3) is 0 Å². The first-order chi connectivity index (χ1) is 21.8. The Labute approximate surface area is 267 Å². The van der Waals surface area contributed by atoms with E-state index in [1.807, 2.05) is 45.0 Å². The average Bonchev–Trinajstić information content (AvgIpc) is 3.63. The number of rotatable bonds is 2. The molecule has 0 amide bonds. The van der Waals surface area contributed by atoms with E-state index in [0.717, 1.165) is 11.1 Å². The summed E-state index contributed by atoms with van der Waals surface area (Å²) in [5, 5.41) is 15.3. The number of aryl methyl sites for hydroxylation is 2. The predicted octanol–water partition coefficient (Wildman–Crippen LogP) is 7.00. The molecule has 1 aliphatic rings. The van der Waals surface area contributed by atoms with Crippen molar-refractivity contribution in [2.45, 2.75) is 58.5 Å². The molecule has 0 radical (unpaired) electrons. The Morgan fingerprint density at radius 3 is 2.63 bits per heavy atom. The number of ether oxygens (including phenoxy) is 1. The fraction of sp³-hybridized carbons (Fsp3) is 0.371. The van der Waals surface area contributed by atoms with Crippen molar-refractivity contribution in [3.63, 3.8) is 0 Å². The van der Waals surface area contributed by atoms with Crippen LogP contribution in [0.2, 0.25) is 0 Å². The smallest absolute Gasteiger partial charge is 0.168 e. The Kier molecular flexibility index (Phi) is 8.27. The van der Waals surface area contributed by atoms with Gasteiger partial charge in [-0.25, -0.2) is 26.9 Å². The highest BCUT2D eigenvalue weighted by molar-refractivity contribution is 7.91. The second kappa shape index (κ2) is 11.9. The Morgan fingerprint density at radius 1 is 1.04 bits per heavy atom. The molecule has 8 nitrogen and oxygen atoms in total. The van der Waals surface area contributed by atoms with Gasteiger partial charge in [0.05, 0.1) is 29.1 Å². The second-order valence-electron chi connectivity index (χ2n) is 13.3. The van der Waals surface area contributed by atoms with E-state index < -0.39 is 32.3 Å². The summed E-state index contributed by atoms with van der Waals surface area (Å²) in [6, 6.07) is 14.8. The molecule has 1 aliphatic heterocycles. The summed E-state index contributed by atoms with van der Waals surface area (Å²) in [5.74, 6) is -0.636. The molecular formula is C35H38F2N4O4S. The van der Waals surface area contributed by atoms with Crippen LogP contribution < -0.4 is 4.74 Å². The van der Waals surface area contributed by atoms with Gasteiger partial charge >= 0.3 is 0 Å². The quantitative estimate of drug-likeness (QED) is 0.213. The van der Waals surface area contributed by atoms with Crippen LogP contribution in [0.15, 0.2) is 60.8 Å². The summed E-state index contributed by atoms with van der Waals surface area (Å²) in [6.07, 6.45) is 3.56. The average molecular weight is 649 g/mol. The van der Waals surface area contributed by atoms with E-state index in [1.165, 1.54) is 28.9 Å². The van der Waals surface area contributed by atoms with E-state index in [0.29, 0.717) is 41.6 Å². The van der Waals surface area contributed by atoms with E-state index >= 15 is 8.78 Å². The third kappa shape index (κ3) is 6.18. The molecule has 3 aromatic carbocycles. The molecule has 1 atom stereocenters. The van der Waals surface area contributed by atoms with Gasteiger partial charge in [0.1, 0.15) is 11.6 Å². The topological polar surface area (TPSA) is 110 Å². The molecule has 0 aliphatic carbocycles. The van der Waals surface area contributed by atoms with E-state index in [9.17, 15) is 13.5 Å². The van der Waals surface area contributed by atoms with Gasteiger partial charge in [-0.05, 0) is 67.0 Å². The van der Waals surface area contributed by atoms with Crippen molar-refractivity contribution in [1.29, 1.82) is 0 Å². The SMILES string of the molecule is Cn1nc2nc1-c1cc(ccc1F)Oc1c(F)cc3[nH]ccc3c1CCS(=O)(=O)CC(C)(C)CCCC2(C)c1cccc(CO)c1. The number of H-pyrrole nitrogens is 1. The third-order valence-electron chi connectivity index (χ3n) is 9.07. The van der Waals surface area contributed by atoms with Crippen LogP contribution in [0.25, 0.3) is 22.3 Å². The van der Waals surface area contributed by atoms with Crippen molar-refractivity contribution in [2.75, 3.05) is 11.5 Å². The number of aromatic nitrogens is 4. The molecule has 0 saturated heterocycles. The molecule has 46 heavy (non-hydrogen) atoms. The number of aliphatic hydroxyl groups excluding tert-OH is 1. The van der Waals surface area contributed by atoms with Crippen LogP contribution in [0.3, 0.4) is 0 Å². The fourth-order valence-electron chi connectivity index (χ4n) is 6.61. The minimum absolute atomic E-state index is 0.0359. The van der Waals surface area contributed by atoms with E-state index in [1.54, 1.807) is 19.3 Å². The number of halogens is 2. The Balaban J connectivity index is 1.52. The number of sulfone groups is 1. The summed E-state index contributed by atoms with van der Waals surface area (Å²) in [7, 11) is -1.87. The fourth-order valence-corrected chi connectivity index (χ4v) is 8.60. The first-order valence-corrected chi connectivity index (χ1v) is 17.2.